The Morgan fingerprint density at radius 1 is 1.42 bits per heavy atom. The van der Waals surface area contributed by atoms with E-state index in [9.17, 15) is 4.79 Å². The molecule has 2 aromatic heterocycles. The summed E-state index contributed by atoms with van der Waals surface area (Å²) in [5, 5.41) is 0. The monoisotopic (exact) mass is 161 g/mol. The average Bonchev–Trinajstić information content (AvgIpc) is 2.04. The molecule has 0 aliphatic carbocycles. The lowest BCUT2D eigenvalue weighted by Crippen LogP contribution is -2.29. The zero-order chi connectivity index (χ0) is 8.55. The second kappa shape index (κ2) is 2.44. The Labute approximate surface area is 69.3 Å². The number of rotatable bonds is 0. The predicted octanol–water partition coefficient (Wildman–Crippen LogP) is 0.422. The molecule has 0 aliphatic rings. The summed E-state index contributed by atoms with van der Waals surface area (Å²) >= 11 is 0. The highest BCUT2D eigenvalue weighted by Crippen LogP contribution is 1.88. The second-order valence-corrected chi connectivity index (χ2v) is 2.76. The maximum atomic E-state index is 11.3. The molecule has 2 rings (SSSR count). The molecule has 0 radical (unpaired) electrons. The van der Waals surface area contributed by atoms with E-state index < -0.39 is 0 Å². The van der Waals surface area contributed by atoms with Gasteiger partial charge in [-0.25, -0.2) is 0 Å². The molecule has 1 N–H and O–H groups in total. The van der Waals surface area contributed by atoms with Crippen LogP contribution in [0.1, 0.15) is 5.69 Å². The van der Waals surface area contributed by atoms with E-state index in [2.05, 4.69) is 4.98 Å². The molecule has 60 valence electrons. The Balaban J connectivity index is 2.99. The Morgan fingerprint density at radius 3 is 3.08 bits per heavy atom. The van der Waals surface area contributed by atoms with Crippen molar-refractivity contribution in [1.82, 2.24) is 4.98 Å². The van der Waals surface area contributed by atoms with Gasteiger partial charge < -0.3 is 4.98 Å². The number of aromatic amines is 1. The van der Waals surface area contributed by atoms with Crippen LogP contribution in [0.2, 0.25) is 0 Å². The fourth-order valence-electron chi connectivity index (χ4n) is 1.25. The van der Waals surface area contributed by atoms with E-state index in [1.165, 1.54) is 0 Å². The quantitative estimate of drug-likeness (QED) is 0.559. The minimum atomic E-state index is -0.0457. The van der Waals surface area contributed by atoms with Crippen LogP contribution in [0.4, 0.5) is 0 Å². The van der Waals surface area contributed by atoms with Gasteiger partial charge in [0.1, 0.15) is 0 Å². The Morgan fingerprint density at radius 2 is 2.25 bits per heavy atom. The van der Waals surface area contributed by atoms with E-state index in [0.29, 0.717) is 5.52 Å². The zero-order valence-electron chi connectivity index (χ0n) is 6.74. The molecule has 12 heavy (non-hydrogen) atoms. The number of aryl methyl sites for hydroxylation is 1. The number of aromatic nitrogens is 2. The van der Waals surface area contributed by atoms with Crippen LogP contribution in [-0.4, -0.2) is 4.98 Å². The van der Waals surface area contributed by atoms with Crippen molar-refractivity contribution in [3.05, 3.63) is 46.6 Å². The van der Waals surface area contributed by atoms with E-state index >= 15 is 0 Å². The third-order valence-corrected chi connectivity index (χ3v) is 1.77. The maximum Gasteiger partial charge on any atom is 0.320 e. The molecule has 0 aliphatic heterocycles. The molecular weight excluding hydrogens is 152 g/mol. The number of pyridine rings is 1. The predicted molar refractivity (Wildman–Crippen MR) is 45.0 cm³/mol. The Hall–Kier alpha value is -1.64. The largest absolute Gasteiger partial charge is 0.320 e. The van der Waals surface area contributed by atoms with E-state index in [-0.39, 0.29) is 5.56 Å². The summed E-state index contributed by atoms with van der Waals surface area (Å²) in [6.07, 6.45) is 3.74. The van der Waals surface area contributed by atoms with E-state index in [4.69, 9.17) is 0 Å². The van der Waals surface area contributed by atoms with Gasteiger partial charge in [0.25, 0.3) is 5.52 Å². The Kier molecular flexibility index (Phi) is 1.43. The first-order chi connectivity index (χ1) is 5.77. The van der Waals surface area contributed by atoms with Gasteiger partial charge in [0, 0.05) is 12.1 Å². The average molecular weight is 161 g/mol. The molecule has 2 heterocycles. The summed E-state index contributed by atoms with van der Waals surface area (Å²) in [6.45, 7) is 1.86. The first-order valence-electron chi connectivity index (χ1n) is 3.77. The van der Waals surface area contributed by atoms with Crippen molar-refractivity contribution in [2.24, 2.45) is 0 Å². The standard InChI is InChI=1S/C9H8N2O/c1-7-6-11-5-3-2-4-8(11)9(12)10-7/h2-6H,1H3/p+1. The van der Waals surface area contributed by atoms with Crippen molar-refractivity contribution in [2.45, 2.75) is 6.92 Å². The number of fused-ring (bicyclic) bond motifs is 1. The van der Waals surface area contributed by atoms with Crippen molar-refractivity contribution in [2.75, 3.05) is 0 Å². The fraction of sp³-hybridized carbons (Fsp3) is 0.111. The van der Waals surface area contributed by atoms with Gasteiger partial charge >= 0.3 is 5.56 Å². The van der Waals surface area contributed by atoms with Crippen molar-refractivity contribution >= 4 is 5.52 Å². The second-order valence-electron chi connectivity index (χ2n) is 2.76. The fourth-order valence-corrected chi connectivity index (χ4v) is 1.25. The smallest absolute Gasteiger partial charge is 0.315 e. The maximum absolute atomic E-state index is 11.3. The number of hydrogen-bond acceptors (Lipinski definition) is 1. The van der Waals surface area contributed by atoms with Crippen LogP contribution in [0.25, 0.3) is 5.52 Å². The highest BCUT2D eigenvalue weighted by atomic mass is 16.1. The van der Waals surface area contributed by atoms with Crippen LogP contribution in [-0.2, 0) is 0 Å². The van der Waals surface area contributed by atoms with Gasteiger partial charge in [-0.15, -0.1) is 0 Å². The van der Waals surface area contributed by atoms with Gasteiger partial charge in [-0.3, -0.25) is 4.79 Å². The molecule has 0 amide bonds. The molecule has 0 saturated carbocycles. The number of nitrogens with zero attached hydrogens (tertiary/aromatic N) is 1. The van der Waals surface area contributed by atoms with Crippen LogP contribution in [0.15, 0.2) is 35.4 Å². The molecule has 3 heteroatoms. The third kappa shape index (κ3) is 0.993. The highest BCUT2D eigenvalue weighted by Gasteiger charge is 2.04. The highest BCUT2D eigenvalue weighted by molar-refractivity contribution is 5.34. The van der Waals surface area contributed by atoms with Gasteiger partial charge in [-0.2, -0.15) is 4.40 Å². The van der Waals surface area contributed by atoms with Crippen LogP contribution < -0.4 is 9.96 Å². The molecule has 0 bridgehead atoms. The van der Waals surface area contributed by atoms with Crippen LogP contribution in [0, 0.1) is 6.92 Å². The molecule has 2 aromatic rings. The number of hydrogen-bond donors (Lipinski definition) is 1. The zero-order valence-corrected chi connectivity index (χ0v) is 6.74. The van der Waals surface area contributed by atoms with E-state index in [0.717, 1.165) is 5.69 Å². The molecule has 0 unspecified atom stereocenters. The molecule has 0 aromatic carbocycles. The summed E-state index contributed by atoms with van der Waals surface area (Å²) in [5.74, 6) is 0. The third-order valence-electron chi connectivity index (χ3n) is 1.77. The first-order valence-corrected chi connectivity index (χ1v) is 3.77. The van der Waals surface area contributed by atoms with Crippen molar-refractivity contribution < 1.29 is 4.40 Å². The molecule has 0 spiro atoms. The summed E-state index contributed by atoms with van der Waals surface area (Å²) in [6, 6.07) is 5.53. The lowest BCUT2D eigenvalue weighted by Gasteiger charge is -1.90. The van der Waals surface area contributed by atoms with Crippen molar-refractivity contribution in [1.29, 1.82) is 0 Å². The SMILES string of the molecule is Cc1c[n+]2ccccc2c(=O)[nH]1. The summed E-state index contributed by atoms with van der Waals surface area (Å²) in [7, 11) is 0. The summed E-state index contributed by atoms with van der Waals surface area (Å²) in [5.41, 5.74) is 1.49. The van der Waals surface area contributed by atoms with Gasteiger partial charge in [0.2, 0.25) is 0 Å². The number of H-pyrrole nitrogens is 1. The van der Waals surface area contributed by atoms with Crippen molar-refractivity contribution in [3.8, 4) is 0 Å². The topological polar surface area (TPSA) is 37.0 Å². The molecular formula is C9H9N2O+. The normalized spacial score (nSPS) is 10.4. The van der Waals surface area contributed by atoms with Crippen LogP contribution in [0.3, 0.4) is 0 Å². The summed E-state index contributed by atoms with van der Waals surface area (Å²) < 4.78 is 1.81. The van der Waals surface area contributed by atoms with E-state index in [1.54, 1.807) is 6.07 Å². The Bertz CT molecular complexity index is 473. The molecule has 0 saturated heterocycles. The lowest BCUT2D eigenvalue weighted by atomic mass is 10.4. The lowest BCUT2D eigenvalue weighted by molar-refractivity contribution is -0.513. The van der Waals surface area contributed by atoms with Gasteiger partial charge in [-0.05, 0) is 13.0 Å². The van der Waals surface area contributed by atoms with Crippen molar-refractivity contribution in [3.63, 3.8) is 0 Å². The van der Waals surface area contributed by atoms with Gasteiger partial charge in [-0.1, -0.05) is 0 Å². The van der Waals surface area contributed by atoms with E-state index in [1.807, 2.05) is 35.9 Å². The molecule has 0 atom stereocenters. The van der Waals surface area contributed by atoms with Crippen LogP contribution >= 0.6 is 0 Å². The van der Waals surface area contributed by atoms with Gasteiger partial charge in [0.15, 0.2) is 12.4 Å². The minimum Gasteiger partial charge on any atom is -0.315 e. The molecule has 3 nitrogen and oxygen atoms in total. The van der Waals surface area contributed by atoms with Gasteiger partial charge in [0.05, 0.1) is 5.69 Å². The number of nitrogens with one attached hydrogen (secondary N) is 1. The first kappa shape index (κ1) is 7.03. The summed E-state index contributed by atoms with van der Waals surface area (Å²) in [4.78, 5) is 14.1. The van der Waals surface area contributed by atoms with Crippen LogP contribution in [0.5, 0.6) is 0 Å². The molecule has 0 fully saturated rings. The minimum absolute atomic E-state index is 0.0457.